The molecule has 2 rings (SSSR count). The lowest BCUT2D eigenvalue weighted by Gasteiger charge is -2.21. The molecule has 1 heterocycles. The maximum Gasteiger partial charge on any atom is 0.246 e. The number of amides is 2. The Kier molecular flexibility index (Phi) is 6.46. The van der Waals surface area contributed by atoms with Gasteiger partial charge in [0.25, 0.3) is 0 Å². The molecule has 0 unspecified atom stereocenters. The lowest BCUT2D eigenvalue weighted by Crippen LogP contribution is -2.45. The highest BCUT2D eigenvalue weighted by Gasteiger charge is 2.30. The van der Waals surface area contributed by atoms with Crippen LogP contribution in [-0.4, -0.2) is 31.7 Å². The number of carbonyl (C=O) groups is 2. The summed E-state index contributed by atoms with van der Waals surface area (Å²) in [6.07, 6.45) is 0.579. The first kappa shape index (κ1) is 19.7. The van der Waals surface area contributed by atoms with Crippen molar-refractivity contribution in [3.63, 3.8) is 0 Å². The zero-order valence-electron chi connectivity index (χ0n) is 14.3. The largest absolute Gasteiger partial charge is 0.273 e. The van der Waals surface area contributed by atoms with Crippen LogP contribution in [0.25, 0.3) is 0 Å². The summed E-state index contributed by atoms with van der Waals surface area (Å²) in [5.41, 5.74) is 5.66. The van der Waals surface area contributed by atoms with E-state index in [2.05, 4.69) is 10.9 Å². The molecule has 1 fully saturated rings. The van der Waals surface area contributed by atoms with Crippen molar-refractivity contribution < 1.29 is 18.0 Å². The summed E-state index contributed by atoms with van der Waals surface area (Å²) in [5.74, 6) is -1.11. The second-order valence-corrected chi connectivity index (χ2v) is 9.45. The van der Waals surface area contributed by atoms with Crippen LogP contribution in [0.15, 0.2) is 24.3 Å². The second kappa shape index (κ2) is 8.19. The fourth-order valence-electron chi connectivity index (χ4n) is 3.06. The zero-order chi connectivity index (χ0) is 18.6. The molecule has 2 N–H and O–H groups in total. The monoisotopic (exact) mass is 386 g/mol. The topological polar surface area (TPSA) is 92.3 Å². The number of benzene rings is 1. The Bertz CT molecular complexity index is 732. The lowest BCUT2D eigenvalue weighted by molar-refractivity contribution is -0.130. The van der Waals surface area contributed by atoms with Crippen molar-refractivity contribution in [2.24, 2.45) is 11.8 Å². The van der Waals surface area contributed by atoms with Crippen LogP contribution in [0.4, 0.5) is 0 Å². The molecule has 2 amide bonds. The van der Waals surface area contributed by atoms with E-state index in [9.17, 15) is 18.0 Å². The highest BCUT2D eigenvalue weighted by atomic mass is 35.5. The summed E-state index contributed by atoms with van der Waals surface area (Å²) in [7, 11) is -3.01. The molecule has 1 saturated heterocycles. The first-order chi connectivity index (χ1) is 11.7. The molecule has 0 radical (unpaired) electrons. The van der Waals surface area contributed by atoms with Gasteiger partial charge in [-0.3, -0.25) is 20.4 Å². The fraction of sp³-hybridized carbons (Fsp3) is 0.529. The standard InChI is InChI=1S/C17H23ClN2O4S/c1-11(2)16(13-3-5-14(18)6-4-13)17(22)20-19-15(21)9-12-7-8-25(23,24)10-12/h3-6,11-12,16H,7-10H2,1-2H3,(H,19,21)(H,20,22)/t12-,16-/m0/s1. The summed E-state index contributed by atoms with van der Waals surface area (Å²) >= 11 is 5.88. The molecule has 1 aliphatic heterocycles. The van der Waals surface area contributed by atoms with Gasteiger partial charge in [-0.15, -0.1) is 0 Å². The average molecular weight is 387 g/mol. The minimum absolute atomic E-state index is 0.0260. The van der Waals surface area contributed by atoms with Gasteiger partial charge in [-0.05, 0) is 36.0 Å². The maximum absolute atomic E-state index is 12.5. The Morgan fingerprint density at radius 2 is 1.84 bits per heavy atom. The molecule has 0 aromatic heterocycles. The van der Waals surface area contributed by atoms with E-state index in [0.717, 1.165) is 5.56 Å². The van der Waals surface area contributed by atoms with E-state index in [-0.39, 0.29) is 41.6 Å². The van der Waals surface area contributed by atoms with Crippen molar-refractivity contribution >= 4 is 33.3 Å². The number of sulfone groups is 1. The molecule has 0 bridgehead atoms. The number of hydrazine groups is 1. The lowest BCUT2D eigenvalue weighted by atomic mass is 9.88. The summed E-state index contributed by atoms with van der Waals surface area (Å²) < 4.78 is 22.8. The van der Waals surface area contributed by atoms with Crippen LogP contribution in [0, 0.1) is 11.8 Å². The highest BCUT2D eigenvalue weighted by molar-refractivity contribution is 7.91. The number of hydrogen-bond acceptors (Lipinski definition) is 4. The second-order valence-electron chi connectivity index (χ2n) is 6.78. The van der Waals surface area contributed by atoms with E-state index in [1.165, 1.54) is 0 Å². The van der Waals surface area contributed by atoms with Gasteiger partial charge in [0.05, 0.1) is 17.4 Å². The Balaban J connectivity index is 1.90. The average Bonchev–Trinajstić information content (AvgIpc) is 2.86. The predicted octanol–water partition coefficient (Wildman–Crippen LogP) is 2.05. The van der Waals surface area contributed by atoms with Gasteiger partial charge in [-0.25, -0.2) is 8.42 Å². The Hall–Kier alpha value is -1.60. The van der Waals surface area contributed by atoms with E-state index < -0.39 is 15.8 Å². The van der Waals surface area contributed by atoms with Crippen LogP contribution < -0.4 is 10.9 Å². The molecule has 1 aliphatic rings. The molecule has 6 nitrogen and oxygen atoms in total. The van der Waals surface area contributed by atoms with Gasteiger partial charge in [0.2, 0.25) is 11.8 Å². The third-order valence-corrected chi connectivity index (χ3v) is 6.39. The van der Waals surface area contributed by atoms with Crippen molar-refractivity contribution in [3.8, 4) is 0 Å². The molecule has 0 saturated carbocycles. The van der Waals surface area contributed by atoms with Crippen LogP contribution in [0.3, 0.4) is 0 Å². The van der Waals surface area contributed by atoms with Crippen molar-refractivity contribution in [1.82, 2.24) is 10.9 Å². The van der Waals surface area contributed by atoms with Gasteiger partial charge >= 0.3 is 0 Å². The van der Waals surface area contributed by atoms with E-state index >= 15 is 0 Å². The Morgan fingerprint density at radius 1 is 1.20 bits per heavy atom. The van der Waals surface area contributed by atoms with Crippen molar-refractivity contribution in [1.29, 1.82) is 0 Å². The third kappa shape index (κ3) is 5.71. The van der Waals surface area contributed by atoms with Gasteiger partial charge in [0, 0.05) is 11.4 Å². The van der Waals surface area contributed by atoms with Crippen molar-refractivity contribution in [2.45, 2.75) is 32.6 Å². The normalized spacial score (nSPS) is 20.2. The van der Waals surface area contributed by atoms with E-state index in [0.29, 0.717) is 11.4 Å². The first-order valence-corrected chi connectivity index (χ1v) is 10.4. The SMILES string of the molecule is CC(C)[C@H](C(=O)NNC(=O)C[C@@H]1CCS(=O)(=O)C1)c1ccc(Cl)cc1. The number of nitrogens with one attached hydrogen (secondary N) is 2. The zero-order valence-corrected chi connectivity index (χ0v) is 15.9. The molecule has 25 heavy (non-hydrogen) atoms. The van der Waals surface area contributed by atoms with E-state index in [4.69, 9.17) is 11.6 Å². The van der Waals surface area contributed by atoms with E-state index in [1.54, 1.807) is 24.3 Å². The molecular formula is C17H23ClN2O4S. The number of carbonyl (C=O) groups excluding carboxylic acids is 2. The number of hydrogen-bond donors (Lipinski definition) is 2. The maximum atomic E-state index is 12.5. The molecule has 0 spiro atoms. The molecule has 1 aromatic carbocycles. The Morgan fingerprint density at radius 3 is 2.36 bits per heavy atom. The minimum Gasteiger partial charge on any atom is -0.273 e. The molecule has 1 aromatic rings. The number of rotatable bonds is 5. The third-order valence-electron chi connectivity index (χ3n) is 4.30. The van der Waals surface area contributed by atoms with Gasteiger partial charge in [-0.1, -0.05) is 37.6 Å². The van der Waals surface area contributed by atoms with Crippen LogP contribution in [0.1, 0.15) is 38.2 Å². The molecule has 2 atom stereocenters. The van der Waals surface area contributed by atoms with Crippen molar-refractivity contribution in [3.05, 3.63) is 34.9 Å². The van der Waals surface area contributed by atoms with Gasteiger partial charge in [0.1, 0.15) is 0 Å². The van der Waals surface area contributed by atoms with Crippen molar-refractivity contribution in [2.75, 3.05) is 11.5 Å². The summed E-state index contributed by atoms with van der Waals surface area (Å²) in [4.78, 5) is 24.4. The van der Waals surface area contributed by atoms with Gasteiger partial charge < -0.3 is 0 Å². The molecule has 0 aliphatic carbocycles. The van der Waals surface area contributed by atoms with E-state index in [1.807, 2.05) is 13.8 Å². The summed E-state index contributed by atoms with van der Waals surface area (Å²) in [6, 6.07) is 7.02. The van der Waals surface area contributed by atoms with Crippen LogP contribution in [0.5, 0.6) is 0 Å². The molecular weight excluding hydrogens is 364 g/mol. The highest BCUT2D eigenvalue weighted by Crippen LogP contribution is 2.26. The van der Waals surface area contributed by atoms with Crippen LogP contribution in [0.2, 0.25) is 5.02 Å². The van der Waals surface area contributed by atoms with Crippen LogP contribution in [-0.2, 0) is 19.4 Å². The summed E-state index contributed by atoms with van der Waals surface area (Å²) in [5, 5.41) is 0.589. The van der Waals surface area contributed by atoms with Crippen LogP contribution >= 0.6 is 11.6 Å². The quantitative estimate of drug-likeness (QED) is 0.757. The summed E-state index contributed by atoms with van der Waals surface area (Å²) in [6.45, 7) is 3.84. The first-order valence-electron chi connectivity index (χ1n) is 8.22. The number of halogens is 1. The Labute approximate surface area is 153 Å². The smallest absolute Gasteiger partial charge is 0.246 e. The minimum atomic E-state index is -3.01. The predicted molar refractivity (Wildman–Crippen MR) is 96.7 cm³/mol. The fourth-order valence-corrected chi connectivity index (χ4v) is 5.05. The van der Waals surface area contributed by atoms with Gasteiger partial charge in [0.15, 0.2) is 9.84 Å². The molecule has 8 heteroatoms. The van der Waals surface area contributed by atoms with Gasteiger partial charge in [-0.2, -0.15) is 0 Å². The molecule has 138 valence electrons.